The highest BCUT2D eigenvalue weighted by atomic mass is 16.6. The summed E-state index contributed by atoms with van der Waals surface area (Å²) in [5.74, 6) is 0.688. The maximum absolute atomic E-state index is 10.7. The van der Waals surface area contributed by atoms with E-state index in [4.69, 9.17) is 5.73 Å². The van der Waals surface area contributed by atoms with Crippen molar-refractivity contribution in [3.05, 3.63) is 22.2 Å². The number of anilines is 2. The summed E-state index contributed by atoms with van der Waals surface area (Å²) in [5.41, 5.74) is 5.94. The van der Waals surface area contributed by atoms with Gasteiger partial charge in [0.25, 0.3) is 0 Å². The second-order valence-corrected chi connectivity index (χ2v) is 6.34. The fraction of sp³-hybridized carbons (Fsp3) is 0.643. The second kappa shape index (κ2) is 5.26. The summed E-state index contributed by atoms with van der Waals surface area (Å²) in [5, 5.41) is 10.7. The molecule has 1 aromatic rings. The predicted molar refractivity (Wildman–Crippen MR) is 79.7 cm³/mol. The van der Waals surface area contributed by atoms with Crippen molar-refractivity contribution >= 4 is 17.3 Å². The van der Waals surface area contributed by atoms with Crippen molar-refractivity contribution in [2.24, 2.45) is 5.41 Å². The van der Waals surface area contributed by atoms with Gasteiger partial charge in [-0.3, -0.25) is 10.1 Å². The molecule has 1 aliphatic carbocycles. The molecule has 0 bridgehead atoms. The zero-order valence-electron chi connectivity index (χ0n) is 12.3. The van der Waals surface area contributed by atoms with E-state index in [0.717, 1.165) is 12.8 Å². The zero-order valence-corrected chi connectivity index (χ0v) is 12.3. The monoisotopic (exact) mass is 278 g/mol. The Kier molecular flexibility index (Phi) is 3.83. The van der Waals surface area contributed by atoms with Gasteiger partial charge in [0.1, 0.15) is 5.82 Å². The number of rotatable bonds is 3. The SMILES string of the molecule is CN(c1ccc([N+](=O)[O-])c(N)n1)C1CCC(C)(C)CC1. The lowest BCUT2D eigenvalue weighted by molar-refractivity contribution is -0.384. The van der Waals surface area contributed by atoms with E-state index in [0.29, 0.717) is 17.3 Å². The second-order valence-electron chi connectivity index (χ2n) is 6.34. The van der Waals surface area contributed by atoms with Gasteiger partial charge in [0, 0.05) is 19.2 Å². The number of nitrogen functional groups attached to an aromatic ring is 1. The Morgan fingerprint density at radius 3 is 2.50 bits per heavy atom. The van der Waals surface area contributed by atoms with Gasteiger partial charge in [-0.2, -0.15) is 0 Å². The van der Waals surface area contributed by atoms with Crippen LogP contribution in [0, 0.1) is 15.5 Å². The topological polar surface area (TPSA) is 85.3 Å². The summed E-state index contributed by atoms with van der Waals surface area (Å²) in [6, 6.07) is 3.53. The highest BCUT2D eigenvalue weighted by molar-refractivity contribution is 5.58. The van der Waals surface area contributed by atoms with Crippen LogP contribution in [0.15, 0.2) is 12.1 Å². The molecular formula is C14H22N4O2. The average molecular weight is 278 g/mol. The third kappa shape index (κ3) is 3.00. The average Bonchev–Trinajstić information content (AvgIpc) is 2.37. The molecule has 1 fully saturated rings. The van der Waals surface area contributed by atoms with E-state index in [-0.39, 0.29) is 11.5 Å². The van der Waals surface area contributed by atoms with E-state index in [2.05, 4.69) is 23.7 Å². The number of pyridine rings is 1. The molecule has 1 aliphatic rings. The molecule has 2 rings (SSSR count). The maximum Gasteiger partial charge on any atom is 0.311 e. The summed E-state index contributed by atoms with van der Waals surface area (Å²) in [7, 11) is 1.98. The lowest BCUT2D eigenvalue weighted by Gasteiger charge is -2.39. The third-order valence-electron chi connectivity index (χ3n) is 4.30. The first kappa shape index (κ1) is 14.6. The summed E-state index contributed by atoms with van der Waals surface area (Å²) >= 11 is 0. The van der Waals surface area contributed by atoms with Crippen LogP contribution < -0.4 is 10.6 Å². The summed E-state index contributed by atoms with van der Waals surface area (Å²) in [6.07, 6.45) is 4.60. The molecule has 6 heteroatoms. The molecule has 0 aliphatic heterocycles. The first-order valence-electron chi connectivity index (χ1n) is 6.94. The van der Waals surface area contributed by atoms with Crippen LogP contribution in [0.25, 0.3) is 0 Å². The van der Waals surface area contributed by atoms with Crippen LogP contribution in [0.5, 0.6) is 0 Å². The van der Waals surface area contributed by atoms with Gasteiger partial charge in [0.05, 0.1) is 4.92 Å². The first-order valence-corrected chi connectivity index (χ1v) is 6.94. The van der Waals surface area contributed by atoms with Crippen molar-refractivity contribution in [3.63, 3.8) is 0 Å². The third-order valence-corrected chi connectivity index (χ3v) is 4.30. The Labute approximate surface area is 119 Å². The minimum absolute atomic E-state index is 0.0181. The quantitative estimate of drug-likeness (QED) is 0.678. The van der Waals surface area contributed by atoms with Crippen molar-refractivity contribution in [2.75, 3.05) is 17.7 Å². The highest BCUT2D eigenvalue weighted by Gasteiger charge is 2.29. The maximum atomic E-state index is 10.7. The molecule has 1 heterocycles. The van der Waals surface area contributed by atoms with Crippen LogP contribution in [0.3, 0.4) is 0 Å². The van der Waals surface area contributed by atoms with Crippen LogP contribution >= 0.6 is 0 Å². The standard InChI is InChI=1S/C14H22N4O2/c1-14(2)8-6-10(7-9-14)17(3)12-5-4-11(18(19)20)13(15)16-12/h4-5,10H,6-9H2,1-3H3,(H2,15,16). The Morgan fingerprint density at radius 1 is 1.40 bits per heavy atom. The van der Waals surface area contributed by atoms with Crippen molar-refractivity contribution in [3.8, 4) is 0 Å². The molecule has 0 spiro atoms. The van der Waals surface area contributed by atoms with E-state index >= 15 is 0 Å². The number of nitro groups is 1. The number of hydrogen-bond donors (Lipinski definition) is 1. The number of hydrogen-bond acceptors (Lipinski definition) is 5. The van der Waals surface area contributed by atoms with E-state index in [1.165, 1.54) is 18.9 Å². The number of nitrogens with zero attached hydrogens (tertiary/aromatic N) is 3. The zero-order chi connectivity index (χ0) is 14.9. The summed E-state index contributed by atoms with van der Waals surface area (Å²) in [4.78, 5) is 16.5. The fourth-order valence-electron chi connectivity index (χ4n) is 2.77. The van der Waals surface area contributed by atoms with Gasteiger partial charge in [-0.1, -0.05) is 13.8 Å². The molecule has 0 atom stereocenters. The lowest BCUT2D eigenvalue weighted by atomic mass is 9.75. The smallest absolute Gasteiger partial charge is 0.311 e. The van der Waals surface area contributed by atoms with E-state index in [9.17, 15) is 10.1 Å². The van der Waals surface area contributed by atoms with Crippen molar-refractivity contribution in [2.45, 2.75) is 45.6 Å². The highest BCUT2D eigenvalue weighted by Crippen LogP contribution is 2.37. The number of aromatic nitrogens is 1. The van der Waals surface area contributed by atoms with Gasteiger partial charge in [-0.05, 0) is 37.2 Å². The molecule has 0 saturated heterocycles. The molecule has 6 nitrogen and oxygen atoms in total. The van der Waals surface area contributed by atoms with Crippen LogP contribution in [0.1, 0.15) is 39.5 Å². The van der Waals surface area contributed by atoms with Gasteiger partial charge in [0.2, 0.25) is 5.82 Å². The van der Waals surface area contributed by atoms with E-state index in [1.807, 2.05) is 7.05 Å². The Bertz CT molecular complexity index is 506. The Hall–Kier alpha value is -1.85. The fourth-order valence-corrected chi connectivity index (χ4v) is 2.77. The first-order chi connectivity index (χ1) is 9.30. The van der Waals surface area contributed by atoms with Crippen molar-refractivity contribution in [1.82, 2.24) is 4.98 Å². The van der Waals surface area contributed by atoms with Gasteiger partial charge < -0.3 is 10.6 Å². The van der Waals surface area contributed by atoms with Crippen molar-refractivity contribution in [1.29, 1.82) is 0 Å². The molecule has 2 N–H and O–H groups in total. The Balaban J connectivity index is 2.12. The Morgan fingerprint density at radius 2 is 2.00 bits per heavy atom. The van der Waals surface area contributed by atoms with Crippen LogP contribution in [-0.4, -0.2) is 23.0 Å². The van der Waals surface area contributed by atoms with Gasteiger partial charge in [-0.25, -0.2) is 4.98 Å². The largest absolute Gasteiger partial charge is 0.378 e. The van der Waals surface area contributed by atoms with Crippen LogP contribution in [0.4, 0.5) is 17.3 Å². The lowest BCUT2D eigenvalue weighted by Crippen LogP contribution is -2.37. The molecule has 0 aromatic carbocycles. The van der Waals surface area contributed by atoms with E-state index in [1.54, 1.807) is 6.07 Å². The summed E-state index contributed by atoms with van der Waals surface area (Å²) < 4.78 is 0. The normalized spacial score (nSPS) is 18.8. The minimum Gasteiger partial charge on any atom is -0.378 e. The molecule has 110 valence electrons. The number of nitrogens with two attached hydrogens (primary N) is 1. The molecule has 0 amide bonds. The van der Waals surface area contributed by atoms with E-state index < -0.39 is 4.92 Å². The summed E-state index contributed by atoms with van der Waals surface area (Å²) in [6.45, 7) is 4.59. The molecular weight excluding hydrogens is 256 g/mol. The van der Waals surface area contributed by atoms with Gasteiger partial charge in [-0.15, -0.1) is 0 Å². The van der Waals surface area contributed by atoms with Gasteiger partial charge >= 0.3 is 5.69 Å². The molecule has 1 saturated carbocycles. The molecule has 20 heavy (non-hydrogen) atoms. The predicted octanol–water partition coefficient (Wildman–Crippen LogP) is 2.98. The van der Waals surface area contributed by atoms with Gasteiger partial charge in [0.15, 0.2) is 0 Å². The van der Waals surface area contributed by atoms with Crippen LogP contribution in [0.2, 0.25) is 0 Å². The van der Waals surface area contributed by atoms with Crippen LogP contribution in [-0.2, 0) is 0 Å². The molecule has 0 radical (unpaired) electrons. The van der Waals surface area contributed by atoms with Crippen molar-refractivity contribution < 1.29 is 4.92 Å². The molecule has 1 aromatic heterocycles. The minimum atomic E-state index is -0.505. The molecule has 0 unspecified atom stereocenters.